The molecule has 3 N–H and O–H groups in total. The van der Waals surface area contributed by atoms with Crippen LogP contribution in [0, 0.1) is 5.92 Å². The van der Waals surface area contributed by atoms with E-state index >= 15 is 0 Å². The number of carbonyl (C=O) groups is 1. The van der Waals surface area contributed by atoms with Crippen molar-refractivity contribution < 1.29 is 9.21 Å². The van der Waals surface area contributed by atoms with E-state index in [1.54, 1.807) is 6.26 Å². The molecular formula is C23H30N6O2. The minimum Gasteiger partial charge on any atom is -0.468 e. The van der Waals surface area contributed by atoms with E-state index in [9.17, 15) is 4.79 Å². The molecule has 4 rings (SSSR count). The number of carbonyl (C=O) groups excluding carboxylic acids is 1. The molecule has 164 valence electrons. The Balaban J connectivity index is 1.47. The van der Waals surface area contributed by atoms with Gasteiger partial charge < -0.3 is 15.5 Å². The smallest absolute Gasteiger partial charge is 0.240 e. The van der Waals surface area contributed by atoms with Crippen LogP contribution in [0.4, 0.5) is 5.82 Å². The van der Waals surface area contributed by atoms with Crippen molar-refractivity contribution in [1.82, 2.24) is 19.8 Å². The number of amides is 1. The normalized spacial score (nSPS) is 16.6. The average molecular weight is 423 g/mol. The molecule has 2 aromatic heterocycles. The topological polar surface area (TPSA) is 101 Å². The molecule has 1 fully saturated rings. The number of hydrogen-bond donors (Lipinski definition) is 2. The second-order valence-electron chi connectivity index (χ2n) is 8.41. The van der Waals surface area contributed by atoms with Crippen LogP contribution in [0.15, 0.2) is 47.1 Å². The lowest BCUT2D eigenvalue weighted by atomic mass is 10.0. The summed E-state index contributed by atoms with van der Waals surface area (Å²) in [6, 6.07) is 11.3. The number of nitrogens with two attached hydrogens (primary N) is 1. The molecule has 0 aliphatic carbocycles. The fraction of sp³-hybridized carbons (Fsp3) is 0.435. The molecule has 8 nitrogen and oxygen atoms in total. The number of nitrogens with zero attached hydrogens (tertiary/aromatic N) is 4. The fourth-order valence-electron chi connectivity index (χ4n) is 3.95. The molecule has 0 spiro atoms. The van der Waals surface area contributed by atoms with Crippen LogP contribution >= 0.6 is 0 Å². The maximum atomic E-state index is 11.9. The van der Waals surface area contributed by atoms with E-state index in [0.717, 1.165) is 55.2 Å². The minimum atomic E-state index is -0.490. The van der Waals surface area contributed by atoms with E-state index in [-0.39, 0.29) is 11.8 Å². The van der Waals surface area contributed by atoms with Gasteiger partial charge in [0, 0.05) is 31.6 Å². The quantitative estimate of drug-likeness (QED) is 0.575. The van der Waals surface area contributed by atoms with Crippen molar-refractivity contribution in [1.29, 1.82) is 0 Å². The van der Waals surface area contributed by atoms with Gasteiger partial charge in [-0.2, -0.15) is 0 Å². The van der Waals surface area contributed by atoms with Gasteiger partial charge in [-0.15, -0.1) is 0 Å². The summed E-state index contributed by atoms with van der Waals surface area (Å²) in [6.45, 7) is 9.25. The summed E-state index contributed by atoms with van der Waals surface area (Å²) >= 11 is 0. The number of rotatable bonds is 8. The van der Waals surface area contributed by atoms with E-state index in [1.807, 2.05) is 50.2 Å². The van der Waals surface area contributed by atoms with E-state index in [0.29, 0.717) is 12.4 Å². The Kier molecular flexibility index (Phi) is 6.48. The van der Waals surface area contributed by atoms with E-state index in [2.05, 4.69) is 15.1 Å². The summed E-state index contributed by atoms with van der Waals surface area (Å²) in [7, 11) is 0. The van der Waals surface area contributed by atoms with Crippen LogP contribution in [-0.4, -0.2) is 57.9 Å². The number of benzene rings is 1. The monoisotopic (exact) mass is 422 g/mol. The third-order valence-electron chi connectivity index (χ3n) is 5.70. The summed E-state index contributed by atoms with van der Waals surface area (Å²) < 4.78 is 5.46. The van der Waals surface area contributed by atoms with Crippen molar-refractivity contribution in [2.24, 2.45) is 11.7 Å². The SMILES string of the molecule is CC(C)[C@H](Nc1nc(CN2CCN(Cc3ccco3)CC2)nc2ccccc12)C(N)=O. The van der Waals surface area contributed by atoms with Crippen molar-refractivity contribution in [3.05, 3.63) is 54.2 Å². The Hall–Kier alpha value is -2.97. The zero-order chi connectivity index (χ0) is 21.8. The van der Waals surface area contributed by atoms with Gasteiger partial charge in [0.25, 0.3) is 0 Å². The summed E-state index contributed by atoms with van der Waals surface area (Å²) in [4.78, 5) is 26.2. The molecule has 3 aromatic rings. The van der Waals surface area contributed by atoms with E-state index < -0.39 is 6.04 Å². The highest BCUT2D eigenvalue weighted by atomic mass is 16.3. The summed E-state index contributed by atoms with van der Waals surface area (Å²) in [5.74, 6) is 2.07. The Morgan fingerprint density at radius 1 is 1.06 bits per heavy atom. The van der Waals surface area contributed by atoms with Gasteiger partial charge in [0.2, 0.25) is 5.91 Å². The second kappa shape index (κ2) is 9.45. The molecule has 8 heteroatoms. The highest BCUT2D eigenvalue weighted by Gasteiger charge is 2.23. The Bertz CT molecular complexity index is 1010. The van der Waals surface area contributed by atoms with Crippen LogP contribution in [0.3, 0.4) is 0 Å². The summed E-state index contributed by atoms with van der Waals surface area (Å²) in [5.41, 5.74) is 6.47. The van der Waals surface area contributed by atoms with Gasteiger partial charge in [-0.1, -0.05) is 26.0 Å². The molecule has 1 amide bonds. The van der Waals surface area contributed by atoms with Crippen LogP contribution in [-0.2, 0) is 17.9 Å². The molecule has 1 aromatic carbocycles. The van der Waals surface area contributed by atoms with Crippen molar-refractivity contribution in [3.63, 3.8) is 0 Å². The van der Waals surface area contributed by atoms with Crippen LogP contribution in [0.25, 0.3) is 10.9 Å². The van der Waals surface area contributed by atoms with Crippen LogP contribution < -0.4 is 11.1 Å². The molecule has 0 unspecified atom stereocenters. The van der Waals surface area contributed by atoms with Gasteiger partial charge >= 0.3 is 0 Å². The number of fused-ring (bicyclic) bond motifs is 1. The first kappa shape index (κ1) is 21.3. The molecular weight excluding hydrogens is 392 g/mol. The number of primary amides is 1. The number of hydrogen-bond acceptors (Lipinski definition) is 7. The van der Waals surface area contributed by atoms with E-state index in [4.69, 9.17) is 20.1 Å². The molecule has 31 heavy (non-hydrogen) atoms. The van der Waals surface area contributed by atoms with Gasteiger partial charge in [0.1, 0.15) is 23.4 Å². The van der Waals surface area contributed by atoms with Crippen molar-refractivity contribution in [2.45, 2.75) is 33.0 Å². The maximum absolute atomic E-state index is 11.9. The summed E-state index contributed by atoms with van der Waals surface area (Å²) in [6.07, 6.45) is 1.72. The molecule has 1 saturated heterocycles. The number of aromatic nitrogens is 2. The zero-order valence-corrected chi connectivity index (χ0v) is 18.1. The summed E-state index contributed by atoms with van der Waals surface area (Å²) in [5, 5.41) is 4.16. The molecule has 3 heterocycles. The first-order chi connectivity index (χ1) is 15.0. The van der Waals surface area contributed by atoms with Crippen LogP contribution in [0.1, 0.15) is 25.4 Å². The average Bonchev–Trinajstić information content (AvgIpc) is 3.26. The molecule has 0 saturated carbocycles. The highest BCUT2D eigenvalue weighted by molar-refractivity contribution is 5.91. The Morgan fingerprint density at radius 3 is 2.42 bits per heavy atom. The molecule has 0 bridgehead atoms. The van der Waals surface area contributed by atoms with Crippen molar-refractivity contribution >= 4 is 22.6 Å². The van der Waals surface area contributed by atoms with Gasteiger partial charge in [-0.25, -0.2) is 9.97 Å². The number of piperazine rings is 1. The number of furan rings is 1. The predicted molar refractivity (Wildman–Crippen MR) is 120 cm³/mol. The van der Waals surface area contributed by atoms with Gasteiger partial charge in [-0.05, 0) is 30.2 Å². The number of nitrogens with one attached hydrogen (secondary N) is 1. The molecule has 1 aliphatic rings. The lowest BCUT2D eigenvalue weighted by Crippen LogP contribution is -2.45. The Labute approximate surface area is 182 Å². The van der Waals surface area contributed by atoms with Crippen LogP contribution in [0.5, 0.6) is 0 Å². The first-order valence-corrected chi connectivity index (χ1v) is 10.8. The third kappa shape index (κ3) is 5.21. The lowest BCUT2D eigenvalue weighted by Gasteiger charge is -2.33. The van der Waals surface area contributed by atoms with Crippen molar-refractivity contribution in [2.75, 3.05) is 31.5 Å². The molecule has 1 aliphatic heterocycles. The van der Waals surface area contributed by atoms with Crippen molar-refractivity contribution in [3.8, 4) is 0 Å². The van der Waals surface area contributed by atoms with E-state index in [1.165, 1.54) is 0 Å². The number of anilines is 1. The first-order valence-electron chi connectivity index (χ1n) is 10.8. The second-order valence-corrected chi connectivity index (χ2v) is 8.41. The lowest BCUT2D eigenvalue weighted by molar-refractivity contribution is -0.119. The number of para-hydroxylation sites is 1. The largest absolute Gasteiger partial charge is 0.468 e. The fourth-order valence-corrected chi connectivity index (χ4v) is 3.95. The standard InChI is InChI=1S/C23H30N6O2/c1-16(2)21(22(24)30)27-23-18-7-3-4-8-19(18)25-20(26-23)15-29-11-9-28(10-12-29)14-17-6-5-13-31-17/h3-8,13,16,21H,9-12,14-15H2,1-2H3,(H2,24,30)(H,25,26,27)/t21-/m0/s1. The van der Waals surface area contributed by atoms with Gasteiger partial charge in [-0.3, -0.25) is 14.6 Å². The van der Waals surface area contributed by atoms with Crippen LogP contribution in [0.2, 0.25) is 0 Å². The van der Waals surface area contributed by atoms with Gasteiger partial charge in [0.15, 0.2) is 0 Å². The zero-order valence-electron chi connectivity index (χ0n) is 18.1. The maximum Gasteiger partial charge on any atom is 0.240 e. The predicted octanol–water partition coefficient (Wildman–Crippen LogP) is 2.46. The van der Waals surface area contributed by atoms with Gasteiger partial charge in [0.05, 0.1) is 24.9 Å². The Morgan fingerprint density at radius 2 is 1.77 bits per heavy atom. The molecule has 0 radical (unpaired) electrons. The highest BCUT2D eigenvalue weighted by Crippen LogP contribution is 2.23. The third-order valence-corrected chi connectivity index (χ3v) is 5.70. The molecule has 1 atom stereocenters. The minimum absolute atomic E-state index is 0.0527.